The number of rotatable bonds is 3. The third-order valence-corrected chi connectivity index (χ3v) is 2.58. The Bertz CT molecular complexity index is 552. The first kappa shape index (κ1) is 12.7. The van der Waals surface area contributed by atoms with Gasteiger partial charge < -0.3 is 5.32 Å². The normalized spacial score (nSPS) is 10.4. The molecule has 0 saturated carbocycles. The highest BCUT2D eigenvalue weighted by Gasteiger charge is 2.09. The van der Waals surface area contributed by atoms with Crippen LogP contribution in [0.3, 0.4) is 0 Å². The Hall–Kier alpha value is -1.75. The number of hydrogen-bond acceptors (Lipinski definition) is 3. The number of hydrogen-bond donors (Lipinski definition) is 1. The van der Waals surface area contributed by atoms with Gasteiger partial charge in [-0.15, -0.1) is 0 Å². The molecule has 1 N–H and O–H groups in total. The van der Waals surface area contributed by atoms with Crippen molar-refractivity contribution >= 4 is 17.3 Å². The summed E-state index contributed by atoms with van der Waals surface area (Å²) < 4.78 is 26.3. The monoisotopic (exact) mass is 269 g/mol. The second kappa shape index (κ2) is 5.27. The Morgan fingerprint density at radius 3 is 2.78 bits per heavy atom. The van der Waals surface area contributed by atoms with Gasteiger partial charge >= 0.3 is 0 Å². The average molecular weight is 270 g/mol. The number of nitrogens with one attached hydrogen (secondary N) is 1. The summed E-state index contributed by atoms with van der Waals surface area (Å²) in [6, 6.07) is 3.53. The molecule has 0 spiro atoms. The summed E-state index contributed by atoms with van der Waals surface area (Å²) >= 11 is 5.76. The third-order valence-electron chi connectivity index (χ3n) is 2.29. The topological polar surface area (TPSA) is 37.8 Å². The zero-order valence-electron chi connectivity index (χ0n) is 9.54. The highest BCUT2D eigenvalue weighted by atomic mass is 35.5. The minimum atomic E-state index is -0.731. The Balaban J connectivity index is 2.16. The SMILES string of the molecule is Cc1nccc(CNc2c(F)cc(F)cc2Cl)n1. The van der Waals surface area contributed by atoms with Gasteiger partial charge in [-0.2, -0.15) is 0 Å². The van der Waals surface area contributed by atoms with E-state index in [1.807, 2.05) is 0 Å². The van der Waals surface area contributed by atoms with E-state index in [1.54, 1.807) is 19.2 Å². The highest BCUT2D eigenvalue weighted by molar-refractivity contribution is 6.33. The highest BCUT2D eigenvalue weighted by Crippen LogP contribution is 2.26. The molecular formula is C12H10ClF2N3. The van der Waals surface area contributed by atoms with Gasteiger partial charge in [0.1, 0.15) is 11.6 Å². The first-order valence-electron chi connectivity index (χ1n) is 5.23. The van der Waals surface area contributed by atoms with Crippen LogP contribution in [0.5, 0.6) is 0 Å². The van der Waals surface area contributed by atoms with Gasteiger partial charge in [-0.05, 0) is 19.1 Å². The van der Waals surface area contributed by atoms with Crippen molar-refractivity contribution < 1.29 is 8.78 Å². The second-order valence-corrected chi connectivity index (χ2v) is 4.10. The van der Waals surface area contributed by atoms with Crippen LogP contribution in [0, 0.1) is 18.6 Å². The number of nitrogens with zero attached hydrogens (tertiary/aromatic N) is 2. The number of benzene rings is 1. The van der Waals surface area contributed by atoms with Gasteiger partial charge in [0.05, 0.1) is 22.9 Å². The van der Waals surface area contributed by atoms with Crippen molar-refractivity contribution in [3.63, 3.8) is 0 Å². The van der Waals surface area contributed by atoms with Crippen molar-refractivity contribution in [2.45, 2.75) is 13.5 Å². The lowest BCUT2D eigenvalue weighted by Gasteiger charge is -2.09. The van der Waals surface area contributed by atoms with Crippen LogP contribution in [0.1, 0.15) is 11.5 Å². The van der Waals surface area contributed by atoms with Crippen LogP contribution in [0.15, 0.2) is 24.4 Å². The molecule has 0 aliphatic rings. The molecule has 3 nitrogen and oxygen atoms in total. The maximum atomic E-state index is 13.5. The number of anilines is 1. The molecule has 1 aromatic carbocycles. The Morgan fingerprint density at radius 1 is 1.33 bits per heavy atom. The van der Waals surface area contributed by atoms with E-state index in [-0.39, 0.29) is 17.3 Å². The van der Waals surface area contributed by atoms with E-state index in [0.717, 1.165) is 12.1 Å². The predicted molar refractivity (Wildman–Crippen MR) is 65.5 cm³/mol. The minimum Gasteiger partial charge on any atom is -0.376 e. The summed E-state index contributed by atoms with van der Waals surface area (Å²) in [5.74, 6) is -0.813. The van der Waals surface area contributed by atoms with E-state index in [2.05, 4.69) is 15.3 Å². The van der Waals surface area contributed by atoms with Gasteiger partial charge in [0.15, 0.2) is 5.82 Å². The largest absolute Gasteiger partial charge is 0.376 e. The van der Waals surface area contributed by atoms with Crippen LogP contribution in [-0.4, -0.2) is 9.97 Å². The Labute approximate surface area is 108 Å². The van der Waals surface area contributed by atoms with Crippen molar-refractivity contribution in [3.05, 3.63) is 52.6 Å². The van der Waals surface area contributed by atoms with E-state index in [1.165, 1.54) is 0 Å². The summed E-state index contributed by atoms with van der Waals surface area (Å²) in [7, 11) is 0. The van der Waals surface area contributed by atoms with Crippen molar-refractivity contribution in [1.82, 2.24) is 9.97 Å². The molecule has 18 heavy (non-hydrogen) atoms. The minimum absolute atomic E-state index is 0.00159. The van der Waals surface area contributed by atoms with Crippen LogP contribution in [0.2, 0.25) is 5.02 Å². The molecule has 2 aromatic rings. The van der Waals surface area contributed by atoms with Crippen molar-refractivity contribution in [3.8, 4) is 0 Å². The molecule has 0 unspecified atom stereocenters. The van der Waals surface area contributed by atoms with Crippen LogP contribution >= 0.6 is 11.6 Å². The first-order chi connectivity index (χ1) is 8.56. The molecule has 0 aliphatic carbocycles. The summed E-state index contributed by atoms with van der Waals surface area (Å²) in [5, 5.41) is 2.79. The molecule has 0 atom stereocenters. The van der Waals surface area contributed by atoms with Gasteiger partial charge in [-0.3, -0.25) is 0 Å². The summed E-state index contributed by atoms with van der Waals surface area (Å²) in [4.78, 5) is 8.10. The lowest BCUT2D eigenvalue weighted by molar-refractivity contribution is 0.585. The molecule has 1 heterocycles. The van der Waals surface area contributed by atoms with E-state index in [9.17, 15) is 8.78 Å². The van der Waals surface area contributed by atoms with Gasteiger partial charge in [-0.25, -0.2) is 18.7 Å². The molecule has 0 bridgehead atoms. The zero-order valence-corrected chi connectivity index (χ0v) is 10.3. The standard InChI is InChI=1S/C12H10ClF2N3/c1-7-16-3-2-9(18-7)6-17-12-10(13)4-8(14)5-11(12)15/h2-5,17H,6H2,1H3. The molecule has 2 rings (SSSR count). The predicted octanol–water partition coefficient (Wildman–Crippen LogP) is 3.33. The molecule has 0 amide bonds. The maximum absolute atomic E-state index is 13.5. The van der Waals surface area contributed by atoms with Gasteiger partial charge in [-0.1, -0.05) is 11.6 Å². The van der Waals surface area contributed by atoms with E-state index >= 15 is 0 Å². The lowest BCUT2D eigenvalue weighted by Crippen LogP contribution is -2.05. The number of aromatic nitrogens is 2. The van der Waals surface area contributed by atoms with Gasteiger partial charge in [0.2, 0.25) is 0 Å². The molecular weight excluding hydrogens is 260 g/mol. The van der Waals surface area contributed by atoms with Crippen LogP contribution in [0.4, 0.5) is 14.5 Å². The summed E-state index contributed by atoms with van der Waals surface area (Å²) in [5.41, 5.74) is 0.761. The van der Waals surface area contributed by atoms with Crippen molar-refractivity contribution in [2.24, 2.45) is 0 Å². The molecule has 0 saturated heterocycles. The fourth-order valence-corrected chi connectivity index (χ4v) is 1.75. The molecule has 94 valence electrons. The summed E-state index contributed by atoms with van der Waals surface area (Å²) in [6.07, 6.45) is 1.61. The van der Waals surface area contributed by atoms with Crippen LogP contribution < -0.4 is 5.32 Å². The number of halogens is 3. The zero-order chi connectivity index (χ0) is 13.1. The van der Waals surface area contributed by atoms with E-state index in [0.29, 0.717) is 11.5 Å². The quantitative estimate of drug-likeness (QED) is 0.929. The number of aryl methyl sites for hydroxylation is 1. The smallest absolute Gasteiger partial charge is 0.150 e. The Kier molecular flexibility index (Phi) is 3.72. The van der Waals surface area contributed by atoms with Crippen LogP contribution in [0.25, 0.3) is 0 Å². The van der Waals surface area contributed by atoms with Gasteiger partial charge in [0, 0.05) is 12.3 Å². The lowest BCUT2D eigenvalue weighted by atomic mass is 10.3. The van der Waals surface area contributed by atoms with E-state index in [4.69, 9.17) is 11.6 Å². The van der Waals surface area contributed by atoms with Gasteiger partial charge in [0.25, 0.3) is 0 Å². The maximum Gasteiger partial charge on any atom is 0.150 e. The molecule has 0 fully saturated rings. The van der Waals surface area contributed by atoms with Crippen molar-refractivity contribution in [2.75, 3.05) is 5.32 Å². The molecule has 0 radical (unpaired) electrons. The molecule has 6 heteroatoms. The summed E-state index contributed by atoms with van der Waals surface area (Å²) in [6.45, 7) is 2.04. The fraction of sp³-hybridized carbons (Fsp3) is 0.167. The molecule has 1 aromatic heterocycles. The van der Waals surface area contributed by atoms with Crippen molar-refractivity contribution in [1.29, 1.82) is 0 Å². The van der Waals surface area contributed by atoms with E-state index < -0.39 is 11.6 Å². The average Bonchev–Trinajstić information content (AvgIpc) is 2.27. The molecule has 0 aliphatic heterocycles. The Morgan fingerprint density at radius 2 is 2.11 bits per heavy atom. The van der Waals surface area contributed by atoms with Crippen LogP contribution in [-0.2, 0) is 6.54 Å². The first-order valence-corrected chi connectivity index (χ1v) is 5.61. The fourth-order valence-electron chi connectivity index (χ4n) is 1.49. The second-order valence-electron chi connectivity index (χ2n) is 3.69. The third kappa shape index (κ3) is 2.92.